The van der Waals surface area contributed by atoms with E-state index in [1.165, 1.54) is 0 Å². The topological polar surface area (TPSA) is 26.0 Å². The maximum atomic E-state index is 3.03. The van der Waals surface area contributed by atoms with Crippen LogP contribution in [-0.4, -0.2) is 26.9 Å². The van der Waals surface area contributed by atoms with Crippen molar-refractivity contribution in [1.82, 2.24) is 5.32 Å². The van der Waals surface area contributed by atoms with E-state index in [-0.39, 0.29) is 0 Å². The van der Waals surface area contributed by atoms with Crippen molar-refractivity contribution in [1.29, 1.82) is 0 Å². The van der Waals surface area contributed by atoms with Crippen molar-refractivity contribution in [3.8, 4) is 0 Å². The molecule has 0 saturated heterocycles. The van der Waals surface area contributed by atoms with Gasteiger partial charge < -0.3 is 5.32 Å². The third-order valence-corrected chi connectivity index (χ3v) is 0.743. The van der Waals surface area contributed by atoms with E-state index < -0.39 is 0 Å². The number of hydrogen-bond donors (Lipinski definition) is 2. The largest absolute Gasteiger partial charge is 0.319 e. The first-order chi connectivity index (χ1) is 3.41. The second-order valence-corrected chi connectivity index (χ2v) is 1.39. The summed E-state index contributed by atoms with van der Waals surface area (Å²) in [6, 6.07) is 0. The van der Waals surface area contributed by atoms with Gasteiger partial charge in [-0.2, -0.15) is 0 Å². The van der Waals surface area contributed by atoms with Crippen LogP contribution in [0.25, 0.3) is 0 Å². The highest BCUT2D eigenvalue weighted by Gasteiger charge is 1.76. The molecule has 0 aliphatic rings. The van der Waals surface area contributed by atoms with Crippen molar-refractivity contribution in [3.05, 3.63) is 0 Å². The molecule has 42 valence electrons. The Kier molecular flexibility index (Phi) is 5.33. The summed E-state index contributed by atoms with van der Waals surface area (Å²) in [7, 11) is 3.86. The van der Waals surface area contributed by atoms with E-state index in [4.69, 9.17) is 0 Å². The quantitative estimate of drug-likeness (QED) is 0.324. The molecule has 0 atom stereocenters. The van der Waals surface area contributed by atoms with Gasteiger partial charge in [0.25, 0.3) is 0 Å². The molecule has 0 aromatic carbocycles. The molecule has 0 bridgehead atoms. The van der Waals surface area contributed by atoms with Gasteiger partial charge >= 0.3 is 0 Å². The highest BCUT2D eigenvalue weighted by Crippen LogP contribution is 1.58. The Labute approximate surface area is 44.6 Å². The predicted octanol–water partition coefficient (Wildman–Crippen LogP) is -1.62. The lowest BCUT2D eigenvalue weighted by Gasteiger charge is -1.84. The van der Waals surface area contributed by atoms with Gasteiger partial charge in [-0.1, -0.05) is 0 Å². The standard InChI is InChI=1S/C5H12N2/c1-6-4-3-5-7-2/h4,7H,3,5H2,1-2H3/p+1. The molecule has 2 N–H and O–H groups in total. The fourth-order valence-corrected chi connectivity index (χ4v) is 0.361. The molecule has 0 heterocycles. The van der Waals surface area contributed by atoms with E-state index in [1.54, 1.807) is 0 Å². The lowest BCUT2D eigenvalue weighted by atomic mass is 10.5. The van der Waals surface area contributed by atoms with Crippen molar-refractivity contribution in [2.75, 3.05) is 20.6 Å². The zero-order valence-electron chi connectivity index (χ0n) is 4.99. The molecule has 0 amide bonds. The fraction of sp³-hybridized carbons (Fsp3) is 0.800. The Morgan fingerprint density at radius 1 is 1.71 bits per heavy atom. The summed E-state index contributed by atoms with van der Waals surface area (Å²) in [6.07, 6.45) is 3.11. The minimum absolute atomic E-state index is 1.06. The molecule has 0 unspecified atom stereocenters. The van der Waals surface area contributed by atoms with Crippen LogP contribution in [-0.2, 0) is 0 Å². The molecule has 0 aliphatic carbocycles. The molecular weight excluding hydrogens is 88.1 g/mol. The molecule has 2 nitrogen and oxygen atoms in total. The van der Waals surface area contributed by atoms with E-state index in [1.807, 2.05) is 20.3 Å². The van der Waals surface area contributed by atoms with Gasteiger partial charge in [-0.05, 0) is 7.05 Å². The Balaban J connectivity index is 2.69. The van der Waals surface area contributed by atoms with Crippen LogP contribution in [0.5, 0.6) is 0 Å². The van der Waals surface area contributed by atoms with Crippen molar-refractivity contribution in [2.24, 2.45) is 0 Å². The summed E-state index contributed by atoms with van der Waals surface area (Å²) in [4.78, 5) is 2.94. The van der Waals surface area contributed by atoms with Crippen molar-refractivity contribution < 1.29 is 4.99 Å². The summed E-state index contributed by atoms with van der Waals surface area (Å²) < 4.78 is 0. The smallest absolute Gasteiger partial charge is 0.138 e. The third kappa shape index (κ3) is 5.63. The van der Waals surface area contributed by atoms with Gasteiger partial charge in [0.15, 0.2) is 0 Å². The lowest BCUT2D eigenvalue weighted by molar-refractivity contribution is -0.415. The van der Waals surface area contributed by atoms with Crippen LogP contribution < -0.4 is 10.3 Å². The monoisotopic (exact) mass is 101 g/mol. The SMILES string of the molecule is CNCCC=[NH+]C. The highest BCUT2D eigenvalue weighted by molar-refractivity contribution is 5.49. The Morgan fingerprint density at radius 2 is 2.43 bits per heavy atom. The first kappa shape index (κ1) is 6.63. The van der Waals surface area contributed by atoms with E-state index in [2.05, 4.69) is 10.3 Å². The van der Waals surface area contributed by atoms with Gasteiger partial charge in [-0.15, -0.1) is 0 Å². The van der Waals surface area contributed by atoms with Gasteiger partial charge in [0.05, 0.1) is 0 Å². The number of nitrogens with one attached hydrogen (secondary N) is 2. The Hall–Kier alpha value is -0.370. The average Bonchev–Trinajstić information content (AvgIpc) is 1.69. The molecule has 0 rings (SSSR count). The van der Waals surface area contributed by atoms with Crippen molar-refractivity contribution in [2.45, 2.75) is 6.42 Å². The molecule has 2 heteroatoms. The summed E-state index contributed by atoms with van der Waals surface area (Å²) in [6.45, 7) is 1.06. The van der Waals surface area contributed by atoms with Crippen LogP contribution in [0.1, 0.15) is 6.42 Å². The van der Waals surface area contributed by atoms with Crippen LogP contribution in [0, 0.1) is 0 Å². The van der Waals surface area contributed by atoms with Gasteiger partial charge in [0.1, 0.15) is 13.3 Å². The molecular formula is C5H13N2+. The maximum absolute atomic E-state index is 3.03. The van der Waals surface area contributed by atoms with Gasteiger partial charge in [0, 0.05) is 13.0 Å². The van der Waals surface area contributed by atoms with Crippen LogP contribution in [0.3, 0.4) is 0 Å². The minimum atomic E-state index is 1.06. The predicted molar refractivity (Wildman–Crippen MR) is 31.5 cm³/mol. The fourth-order valence-electron chi connectivity index (χ4n) is 0.361. The summed E-state index contributed by atoms with van der Waals surface area (Å²) in [5.41, 5.74) is 0. The molecule has 7 heavy (non-hydrogen) atoms. The molecule has 0 saturated carbocycles. The van der Waals surface area contributed by atoms with Crippen LogP contribution >= 0.6 is 0 Å². The Bertz CT molecular complexity index is 50.0. The molecule has 0 radical (unpaired) electrons. The zero-order valence-corrected chi connectivity index (χ0v) is 4.99. The zero-order chi connectivity index (χ0) is 5.54. The normalized spacial score (nSPS) is 10.6. The summed E-state index contributed by atoms with van der Waals surface area (Å²) in [5.74, 6) is 0. The first-order valence-corrected chi connectivity index (χ1v) is 2.55. The number of rotatable bonds is 3. The van der Waals surface area contributed by atoms with E-state index in [0.717, 1.165) is 13.0 Å². The number of hydrogen-bond acceptors (Lipinski definition) is 1. The van der Waals surface area contributed by atoms with Gasteiger partial charge in [0.2, 0.25) is 0 Å². The first-order valence-electron chi connectivity index (χ1n) is 2.55. The average molecular weight is 101 g/mol. The van der Waals surface area contributed by atoms with E-state index in [0.29, 0.717) is 0 Å². The highest BCUT2D eigenvalue weighted by atomic mass is 14.8. The van der Waals surface area contributed by atoms with Crippen LogP contribution in [0.2, 0.25) is 0 Å². The van der Waals surface area contributed by atoms with E-state index in [9.17, 15) is 0 Å². The third-order valence-electron chi connectivity index (χ3n) is 0.743. The summed E-state index contributed by atoms with van der Waals surface area (Å²) in [5, 5.41) is 3.03. The van der Waals surface area contributed by atoms with Crippen molar-refractivity contribution in [3.63, 3.8) is 0 Å². The van der Waals surface area contributed by atoms with E-state index >= 15 is 0 Å². The molecule has 0 fully saturated rings. The Morgan fingerprint density at radius 3 is 2.86 bits per heavy atom. The van der Waals surface area contributed by atoms with Crippen LogP contribution in [0.4, 0.5) is 0 Å². The van der Waals surface area contributed by atoms with Gasteiger partial charge in [-0.3, -0.25) is 4.99 Å². The maximum Gasteiger partial charge on any atom is 0.138 e. The van der Waals surface area contributed by atoms with Gasteiger partial charge in [-0.25, -0.2) is 0 Å². The molecule has 0 aromatic heterocycles. The molecule has 0 aliphatic heterocycles. The second-order valence-electron chi connectivity index (χ2n) is 1.39. The minimum Gasteiger partial charge on any atom is -0.319 e. The molecule has 0 aromatic rings. The summed E-state index contributed by atoms with van der Waals surface area (Å²) >= 11 is 0. The van der Waals surface area contributed by atoms with Crippen LogP contribution in [0.15, 0.2) is 0 Å². The lowest BCUT2D eigenvalue weighted by Crippen LogP contribution is -2.63. The van der Waals surface area contributed by atoms with Crippen molar-refractivity contribution >= 4 is 6.21 Å². The second kappa shape index (κ2) is 5.63. The molecule has 0 spiro atoms.